The van der Waals surface area contributed by atoms with Crippen molar-refractivity contribution in [3.8, 4) is 0 Å². The first-order chi connectivity index (χ1) is 9.76. The first-order valence-electron chi connectivity index (χ1n) is 7.43. The van der Waals surface area contributed by atoms with Crippen molar-refractivity contribution >= 4 is 23.2 Å². The maximum absolute atomic E-state index is 12.3. The summed E-state index contributed by atoms with van der Waals surface area (Å²) in [5, 5.41) is 3.03. The van der Waals surface area contributed by atoms with E-state index >= 15 is 0 Å². The summed E-state index contributed by atoms with van der Waals surface area (Å²) in [4.78, 5) is 25.4. The molecule has 0 aromatic carbocycles. The molecule has 1 atom stereocenters. The molecule has 6 nitrogen and oxygen atoms in total. The normalized spacial score (nSPS) is 21.0. The van der Waals surface area contributed by atoms with Gasteiger partial charge in [0.05, 0.1) is 0 Å². The van der Waals surface area contributed by atoms with Gasteiger partial charge in [-0.05, 0) is 33.1 Å². The van der Waals surface area contributed by atoms with Crippen molar-refractivity contribution in [1.29, 1.82) is 0 Å². The minimum Gasteiger partial charge on any atom is -0.355 e. The summed E-state index contributed by atoms with van der Waals surface area (Å²) in [6.07, 6.45) is 4.75. The van der Waals surface area contributed by atoms with Gasteiger partial charge in [-0.1, -0.05) is 0 Å². The van der Waals surface area contributed by atoms with E-state index in [1.54, 1.807) is 6.33 Å². The Morgan fingerprint density at radius 3 is 2.90 bits per heavy atom. The highest BCUT2D eigenvalue weighted by atomic mass is 16.2. The molecule has 1 N–H and O–H groups in total. The first-order valence-corrected chi connectivity index (χ1v) is 7.43. The third-order valence-electron chi connectivity index (χ3n) is 4.20. The number of anilines is 3. The Bertz CT molecular complexity index is 514. The van der Waals surface area contributed by atoms with Crippen LogP contribution in [0.3, 0.4) is 0 Å². The van der Waals surface area contributed by atoms with E-state index in [1.165, 1.54) is 0 Å². The van der Waals surface area contributed by atoms with Gasteiger partial charge >= 0.3 is 0 Å². The number of amides is 1. The van der Waals surface area contributed by atoms with Crippen LogP contribution in [-0.2, 0) is 4.79 Å². The molecule has 0 aliphatic carbocycles. The van der Waals surface area contributed by atoms with Gasteiger partial charge in [-0.2, -0.15) is 0 Å². The fourth-order valence-corrected chi connectivity index (χ4v) is 3.12. The Hall–Kier alpha value is -1.85. The minimum atomic E-state index is -0.0595. The van der Waals surface area contributed by atoms with E-state index in [0.717, 1.165) is 56.2 Å². The van der Waals surface area contributed by atoms with E-state index in [9.17, 15) is 4.79 Å². The third-order valence-corrected chi connectivity index (χ3v) is 4.20. The summed E-state index contributed by atoms with van der Waals surface area (Å²) in [7, 11) is 0. The largest absolute Gasteiger partial charge is 0.355 e. The Labute approximate surface area is 119 Å². The number of aromatic nitrogens is 2. The lowest BCUT2D eigenvalue weighted by atomic mass is 9.99. The van der Waals surface area contributed by atoms with Crippen LogP contribution in [-0.4, -0.2) is 41.6 Å². The van der Waals surface area contributed by atoms with Crippen molar-refractivity contribution in [1.82, 2.24) is 9.97 Å². The van der Waals surface area contributed by atoms with E-state index in [1.807, 2.05) is 0 Å². The van der Waals surface area contributed by atoms with Crippen molar-refractivity contribution in [2.24, 2.45) is 0 Å². The fourth-order valence-electron chi connectivity index (χ4n) is 3.12. The molecule has 1 saturated heterocycles. The molecule has 3 rings (SSSR count). The third kappa shape index (κ3) is 1.99. The predicted octanol–water partition coefficient (Wildman–Crippen LogP) is 1.63. The number of fused-ring (bicyclic) bond motifs is 3. The molecule has 1 aromatic rings. The maximum atomic E-state index is 12.3. The second-order valence-electron chi connectivity index (χ2n) is 5.26. The van der Waals surface area contributed by atoms with Crippen molar-refractivity contribution in [3.05, 3.63) is 6.33 Å². The smallest absolute Gasteiger partial charge is 0.247 e. The summed E-state index contributed by atoms with van der Waals surface area (Å²) in [5.74, 6) is 1.80. The highest BCUT2D eigenvalue weighted by molar-refractivity contribution is 6.05. The molecule has 3 heterocycles. The number of carbonyl (C=O) groups is 1. The van der Waals surface area contributed by atoms with Gasteiger partial charge in [0.15, 0.2) is 11.6 Å². The minimum absolute atomic E-state index is 0.0595. The number of hydrogen-bond donors (Lipinski definition) is 1. The van der Waals surface area contributed by atoms with Crippen LogP contribution in [0.1, 0.15) is 33.1 Å². The Morgan fingerprint density at radius 1 is 1.35 bits per heavy atom. The highest BCUT2D eigenvalue weighted by Gasteiger charge is 2.37. The average molecular weight is 275 g/mol. The molecule has 2 aliphatic rings. The molecule has 1 amide bonds. The van der Waals surface area contributed by atoms with Crippen molar-refractivity contribution in [3.63, 3.8) is 0 Å². The van der Waals surface area contributed by atoms with E-state index in [0.29, 0.717) is 0 Å². The fraction of sp³-hybridized carbons (Fsp3) is 0.643. The molecule has 6 heteroatoms. The predicted molar refractivity (Wildman–Crippen MR) is 79.2 cm³/mol. The molecular formula is C14H21N5O. The SMILES string of the molecule is CCN(CC)c1ncnc2c1NC(=O)C1CCCCN21. The van der Waals surface area contributed by atoms with Crippen LogP contribution in [0.25, 0.3) is 0 Å². The van der Waals surface area contributed by atoms with Gasteiger partial charge in [-0.3, -0.25) is 4.79 Å². The zero-order valence-corrected chi connectivity index (χ0v) is 12.1. The molecule has 108 valence electrons. The van der Waals surface area contributed by atoms with Crippen LogP contribution >= 0.6 is 0 Å². The number of hydrogen-bond acceptors (Lipinski definition) is 5. The number of nitrogens with zero attached hydrogens (tertiary/aromatic N) is 4. The van der Waals surface area contributed by atoms with Gasteiger partial charge in [0.2, 0.25) is 5.91 Å². The van der Waals surface area contributed by atoms with Crippen molar-refractivity contribution < 1.29 is 4.79 Å². The molecule has 1 fully saturated rings. The Balaban J connectivity index is 2.05. The van der Waals surface area contributed by atoms with Crippen LogP contribution in [0.4, 0.5) is 17.3 Å². The van der Waals surface area contributed by atoms with Gasteiger partial charge in [0, 0.05) is 19.6 Å². The van der Waals surface area contributed by atoms with Crippen LogP contribution in [0.2, 0.25) is 0 Å². The second kappa shape index (κ2) is 5.26. The lowest BCUT2D eigenvalue weighted by Crippen LogP contribution is -2.51. The standard InChI is InChI=1S/C14H21N5O/c1-3-18(4-2)12-11-13(16-9-15-12)19-8-6-5-7-10(19)14(20)17-11/h9-10H,3-8H2,1-2H3,(H,17,20). The van der Waals surface area contributed by atoms with Gasteiger partial charge in [0.1, 0.15) is 18.1 Å². The maximum Gasteiger partial charge on any atom is 0.247 e. The summed E-state index contributed by atoms with van der Waals surface area (Å²) in [6.45, 7) is 6.80. The molecule has 0 spiro atoms. The molecule has 1 unspecified atom stereocenters. The second-order valence-corrected chi connectivity index (χ2v) is 5.26. The monoisotopic (exact) mass is 275 g/mol. The number of piperidine rings is 1. The summed E-state index contributed by atoms with van der Waals surface area (Å²) in [5.41, 5.74) is 0.777. The van der Waals surface area contributed by atoms with E-state index in [2.05, 4.69) is 38.9 Å². The van der Waals surface area contributed by atoms with Gasteiger partial charge in [-0.25, -0.2) is 9.97 Å². The quantitative estimate of drug-likeness (QED) is 0.908. The van der Waals surface area contributed by atoms with Crippen LogP contribution < -0.4 is 15.1 Å². The first kappa shape index (κ1) is 13.1. The average Bonchev–Trinajstić information content (AvgIpc) is 2.49. The van der Waals surface area contributed by atoms with E-state index in [-0.39, 0.29) is 11.9 Å². The Kier molecular flexibility index (Phi) is 3.46. The van der Waals surface area contributed by atoms with Crippen molar-refractivity contribution in [2.45, 2.75) is 39.2 Å². The van der Waals surface area contributed by atoms with Crippen LogP contribution in [0.5, 0.6) is 0 Å². The molecule has 0 bridgehead atoms. The Morgan fingerprint density at radius 2 is 2.15 bits per heavy atom. The summed E-state index contributed by atoms with van der Waals surface area (Å²) >= 11 is 0. The lowest BCUT2D eigenvalue weighted by Gasteiger charge is -2.40. The lowest BCUT2D eigenvalue weighted by molar-refractivity contribution is -0.118. The number of carbonyl (C=O) groups excluding carboxylic acids is 1. The summed E-state index contributed by atoms with van der Waals surface area (Å²) < 4.78 is 0. The highest BCUT2D eigenvalue weighted by Crippen LogP contribution is 2.38. The molecular weight excluding hydrogens is 254 g/mol. The molecule has 0 radical (unpaired) electrons. The van der Waals surface area contributed by atoms with Crippen LogP contribution in [0, 0.1) is 0 Å². The number of rotatable bonds is 3. The van der Waals surface area contributed by atoms with Gasteiger partial charge < -0.3 is 15.1 Å². The van der Waals surface area contributed by atoms with E-state index in [4.69, 9.17) is 0 Å². The molecule has 2 aliphatic heterocycles. The molecule has 20 heavy (non-hydrogen) atoms. The van der Waals surface area contributed by atoms with E-state index < -0.39 is 0 Å². The van der Waals surface area contributed by atoms with Crippen molar-refractivity contribution in [2.75, 3.05) is 34.8 Å². The zero-order valence-electron chi connectivity index (χ0n) is 12.1. The zero-order chi connectivity index (χ0) is 14.1. The van der Waals surface area contributed by atoms with Gasteiger partial charge in [-0.15, -0.1) is 0 Å². The van der Waals surface area contributed by atoms with Gasteiger partial charge in [0.25, 0.3) is 0 Å². The number of nitrogens with one attached hydrogen (secondary N) is 1. The summed E-state index contributed by atoms with van der Waals surface area (Å²) in [6, 6.07) is -0.0595. The molecule has 1 aromatic heterocycles. The topological polar surface area (TPSA) is 61.4 Å². The van der Waals surface area contributed by atoms with Crippen LogP contribution in [0.15, 0.2) is 6.33 Å². The molecule has 0 saturated carbocycles.